The highest BCUT2D eigenvalue weighted by atomic mass is 16.5. The number of methoxy groups -OCH3 is 2. The normalized spacial score (nSPS) is 18.4. The van der Waals surface area contributed by atoms with Gasteiger partial charge in [0.05, 0.1) is 19.9 Å². The van der Waals surface area contributed by atoms with Crippen molar-refractivity contribution in [3.63, 3.8) is 0 Å². The molecule has 0 spiro atoms. The molecule has 0 aromatic heterocycles. The minimum Gasteiger partial charge on any atom is -0.493 e. The predicted octanol–water partition coefficient (Wildman–Crippen LogP) is 4.58. The van der Waals surface area contributed by atoms with E-state index in [9.17, 15) is 9.59 Å². The van der Waals surface area contributed by atoms with Gasteiger partial charge in [-0.25, -0.2) is 5.01 Å². The summed E-state index contributed by atoms with van der Waals surface area (Å²) in [4.78, 5) is 25.3. The van der Waals surface area contributed by atoms with Crippen molar-refractivity contribution >= 4 is 17.5 Å². The van der Waals surface area contributed by atoms with E-state index in [1.165, 1.54) is 12.8 Å². The number of hydrazone groups is 1. The fourth-order valence-electron chi connectivity index (χ4n) is 4.88. The van der Waals surface area contributed by atoms with E-state index < -0.39 is 0 Å². The summed E-state index contributed by atoms with van der Waals surface area (Å²) in [5.41, 5.74) is 3.57. The van der Waals surface area contributed by atoms with Gasteiger partial charge in [0.1, 0.15) is 0 Å². The highest BCUT2D eigenvalue weighted by Gasteiger charge is 2.29. The first-order valence-corrected chi connectivity index (χ1v) is 12.5. The van der Waals surface area contributed by atoms with Crippen LogP contribution in [0.5, 0.6) is 11.5 Å². The smallest absolute Gasteiger partial charge is 0.251 e. The number of hydrogen-bond donors (Lipinski definition) is 1. The average Bonchev–Trinajstić information content (AvgIpc) is 3.40. The lowest BCUT2D eigenvalue weighted by Crippen LogP contribution is -2.38. The van der Waals surface area contributed by atoms with Crippen molar-refractivity contribution in [2.45, 2.75) is 57.9 Å². The molecule has 4 rings (SSSR count). The second-order valence-electron chi connectivity index (χ2n) is 9.28. The minimum absolute atomic E-state index is 0.00979. The van der Waals surface area contributed by atoms with Crippen molar-refractivity contribution in [2.75, 3.05) is 20.8 Å². The number of carbonyl (C=O) groups is 2. The van der Waals surface area contributed by atoms with Crippen LogP contribution in [0.1, 0.15) is 66.9 Å². The first-order chi connectivity index (χ1) is 17.0. The second kappa shape index (κ2) is 11.4. The van der Waals surface area contributed by atoms with Crippen LogP contribution in [0.15, 0.2) is 47.6 Å². The summed E-state index contributed by atoms with van der Waals surface area (Å²) in [7, 11) is 3.22. The average molecular weight is 478 g/mol. The summed E-state index contributed by atoms with van der Waals surface area (Å²) in [6.07, 6.45) is 6.44. The molecule has 7 nitrogen and oxygen atoms in total. The maximum atomic E-state index is 12.8. The van der Waals surface area contributed by atoms with Gasteiger partial charge in [0.15, 0.2) is 11.5 Å². The van der Waals surface area contributed by atoms with Crippen LogP contribution in [0.4, 0.5) is 0 Å². The zero-order valence-electron chi connectivity index (χ0n) is 20.9. The largest absolute Gasteiger partial charge is 0.493 e. The van der Waals surface area contributed by atoms with E-state index in [0.717, 1.165) is 36.1 Å². The summed E-state index contributed by atoms with van der Waals surface area (Å²) >= 11 is 0. The number of rotatable bonds is 9. The third kappa shape index (κ3) is 5.84. The van der Waals surface area contributed by atoms with E-state index in [1.54, 1.807) is 19.2 Å². The van der Waals surface area contributed by atoms with E-state index in [4.69, 9.17) is 14.6 Å². The van der Waals surface area contributed by atoms with Gasteiger partial charge < -0.3 is 14.8 Å². The fourth-order valence-corrected chi connectivity index (χ4v) is 4.88. The Morgan fingerprint density at radius 1 is 1.06 bits per heavy atom. The molecule has 1 heterocycles. The maximum absolute atomic E-state index is 12.8. The van der Waals surface area contributed by atoms with Crippen molar-refractivity contribution in [3.8, 4) is 11.5 Å². The summed E-state index contributed by atoms with van der Waals surface area (Å²) in [5, 5.41) is 9.48. The Morgan fingerprint density at radius 3 is 2.43 bits per heavy atom. The van der Waals surface area contributed by atoms with Gasteiger partial charge in [0.2, 0.25) is 5.91 Å². The van der Waals surface area contributed by atoms with Gasteiger partial charge in [-0.3, -0.25) is 9.59 Å². The molecule has 186 valence electrons. The van der Waals surface area contributed by atoms with Gasteiger partial charge in [-0.15, -0.1) is 0 Å². The summed E-state index contributed by atoms with van der Waals surface area (Å²) in [6.45, 7) is 2.56. The Hall–Kier alpha value is -3.35. The van der Waals surface area contributed by atoms with E-state index in [-0.39, 0.29) is 17.7 Å². The number of benzene rings is 2. The van der Waals surface area contributed by atoms with Crippen LogP contribution in [0.3, 0.4) is 0 Å². The lowest BCUT2D eigenvalue weighted by molar-refractivity contribution is -0.132. The zero-order valence-corrected chi connectivity index (χ0v) is 20.9. The molecule has 1 aliphatic heterocycles. The van der Waals surface area contributed by atoms with E-state index >= 15 is 0 Å². The molecule has 1 aliphatic carbocycles. The molecule has 0 radical (unpaired) electrons. The second-order valence-corrected chi connectivity index (χ2v) is 9.28. The Balaban J connectivity index is 1.44. The first-order valence-electron chi connectivity index (χ1n) is 12.5. The first kappa shape index (κ1) is 24.8. The third-order valence-electron chi connectivity index (χ3n) is 7.01. The molecular weight excluding hydrogens is 442 g/mol. The fraction of sp³-hybridized carbons (Fsp3) is 0.464. The number of nitrogens with one attached hydrogen (secondary N) is 1. The molecule has 1 saturated carbocycles. The Bertz CT molecular complexity index is 1070. The number of ether oxygens (including phenoxy) is 2. The molecule has 2 amide bonds. The molecule has 35 heavy (non-hydrogen) atoms. The Labute approximate surface area is 207 Å². The molecule has 0 saturated heterocycles. The Kier molecular flexibility index (Phi) is 8.06. The topological polar surface area (TPSA) is 80.2 Å². The number of amides is 2. The number of hydrogen-bond acceptors (Lipinski definition) is 5. The van der Waals surface area contributed by atoms with Crippen LogP contribution >= 0.6 is 0 Å². The highest BCUT2D eigenvalue weighted by molar-refractivity contribution is 6.06. The van der Waals surface area contributed by atoms with Gasteiger partial charge >= 0.3 is 0 Å². The molecule has 1 fully saturated rings. The molecule has 1 atom stereocenters. The van der Waals surface area contributed by atoms with Gasteiger partial charge in [-0.2, -0.15) is 5.10 Å². The molecule has 7 heteroatoms. The minimum atomic E-state index is -0.00979. The molecule has 2 aromatic rings. The van der Waals surface area contributed by atoms with Crippen LogP contribution in [-0.4, -0.2) is 49.3 Å². The van der Waals surface area contributed by atoms with Crippen molar-refractivity contribution < 1.29 is 19.1 Å². The van der Waals surface area contributed by atoms with Gasteiger partial charge in [0, 0.05) is 36.1 Å². The van der Waals surface area contributed by atoms with Crippen LogP contribution in [0.25, 0.3) is 0 Å². The van der Waals surface area contributed by atoms with Gasteiger partial charge in [0.25, 0.3) is 5.91 Å². The van der Waals surface area contributed by atoms with E-state index in [2.05, 4.69) is 12.2 Å². The highest BCUT2D eigenvalue weighted by Crippen LogP contribution is 2.31. The van der Waals surface area contributed by atoms with Crippen LogP contribution in [0, 0.1) is 5.92 Å². The van der Waals surface area contributed by atoms with Crippen molar-refractivity contribution in [3.05, 3.63) is 59.2 Å². The SMILES string of the molecule is CCC1CC(=O)N(CCc2ccc(C(=O)NC3CCCC3)cc2)N=C1c1ccc(OC)c(OC)c1. The number of carbonyl (C=O) groups excluding carboxylic acids is 2. The van der Waals surface area contributed by atoms with Crippen LogP contribution < -0.4 is 14.8 Å². The summed E-state index contributed by atoms with van der Waals surface area (Å²) < 4.78 is 10.8. The van der Waals surface area contributed by atoms with Gasteiger partial charge in [-0.1, -0.05) is 31.9 Å². The van der Waals surface area contributed by atoms with E-state index in [0.29, 0.717) is 42.5 Å². The zero-order chi connectivity index (χ0) is 24.8. The third-order valence-corrected chi connectivity index (χ3v) is 7.01. The summed E-state index contributed by atoms with van der Waals surface area (Å²) in [6, 6.07) is 13.7. The van der Waals surface area contributed by atoms with Crippen molar-refractivity contribution in [1.29, 1.82) is 0 Å². The lowest BCUT2D eigenvalue weighted by atomic mass is 9.89. The quantitative estimate of drug-likeness (QED) is 0.573. The monoisotopic (exact) mass is 477 g/mol. The molecule has 2 aromatic carbocycles. The maximum Gasteiger partial charge on any atom is 0.251 e. The molecule has 1 N–H and O–H groups in total. The standard InChI is InChI=1S/C28H35N3O4/c1-4-20-18-26(32)31(30-27(20)22-13-14-24(34-2)25(17-22)35-3)16-15-19-9-11-21(12-10-19)28(33)29-23-7-5-6-8-23/h9-14,17,20,23H,4-8,15-16,18H2,1-3H3,(H,29,33). The van der Waals surface area contributed by atoms with Crippen LogP contribution in [0.2, 0.25) is 0 Å². The molecule has 0 bridgehead atoms. The van der Waals surface area contributed by atoms with Crippen molar-refractivity contribution in [2.24, 2.45) is 11.0 Å². The van der Waals surface area contributed by atoms with E-state index in [1.807, 2.05) is 42.5 Å². The molecule has 1 unspecified atom stereocenters. The number of nitrogens with zero attached hydrogens (tertiary/aromatic N) is 2. The van der Waals surface area contributed by atoms with Crippen molar-refractivity contribution in [1.82, 2.24) is 10.3 Å². The van der Waals surface area contributed by atoms with Gasteiger partial charge in [-0.05, 0) is 61.6 Å². The molecule has 2 aliphatic rings. The predicted molar refractivity (Wildman–Crippen MR) is 136 cm³/mol. The van der Waals surface area contributed by atoms with Crippen LogP contribution in [-0.2, 0) is 11.2 Å². The molecular formula is C28H35N3O4. The summed E-state index contributed by atoms with van der Waals surface area (Å²) in [5.74, 6) is 1.39. The Morgan fingerprint density at radius 2 is 1.77 bits per heavy atom. The lowest BCUT2D eigenvalue weighted by Gasteiger charge is -2.29.